The monoisotopic (exact) mass is 346 g/mol. The molecule has 0 aliphatic carbocycles. The number of Topliss-reactive ketones (excluding diaryl/α,β-unsaturated/α-hetero) is 1. The van der Waals surface area contributed by atoms with Crippen molar-refractivity contribution in [3.05, 3.63) is 23.8 Å². The smallest absolute Gasteiger partial charge is 0.240 e. The molecule has 0 spiro atoms. The molecule has 4 N–H and O–H groups in total. The molecule has 5 rings (SSSR count). The number of hydrogen-bond donors (Lipinski definition) is 4. The van der Waals surface area contributed by atoms with Gasteiger partial charge in [-0.2, -0.15) is 0 Å². The zero-order valence-electron chi connectivity index (χ0n) is 15.6. The Balaban J connectivity index is 1.79. The van der Waals surface area contributed by atoms with Gasteiger partial charge in [0.05, 0.1) is 5.56 Å². The number of ketones is 1. The van der Waals surface area contributed by atoms with Gasteiger partial charge in [0.1, 0.15) is 37.0 Å². The lowest BCUT2D eigenvalue weighted by Crippen LogP contribution is -3.41. The SMILES string of the molecule is CC(C)C12C[NH+]3CC(C(C)C)(C[NH+](C1)C3c1ccc(O)c(O)c1)C2=O. The van der Waals surface area contributed by atoms with Crippen molar-refractivity contribution >= 4 is 5.78 Å². The third-order valence-electron chi connectivity index (χ3n) is 7.43. The first-order chi connectivity index (χ1) is 11.7. The van der Waals surface area contributed by atoms with Gasteiger partial charge in [-0.25, -0.2) is 0 Å². The fourth-order valence-corrected chi connectivity index (χ4v) is 5.92. The summed E-state index contributed by atoms with van der Waals surface area (Å²) in [5, 5.41) is 19.6. The molecule has 4 bridgehead atoms. The van der Waals surface area contributed by atoms with Crippen LogP contribution in [0.4, 0.5) is 0 Å². The lowest BCUT2D eigenvalue weighted by Gasteiger charge is -2.62. The minimum Gasteiger partial charge on any atom is -0.504 e. The van der Waals surface area contributed by atoms with Gasteiger partial charge in [-0.15, -0.1) is 0 Å². The maximum absolute atomic E-state index is 13.5. The van der Waals surface area contributed by atoms with Gasteiger partial charge in [0.15, 0.2) is 17.3 Å². The fourth-order valence-electron chi connectivity index (χ4n) is 5.92. The molecule has 136 valence electrons. The number of benzene rings is 1. The number of rotatable bonds is 3. The molecule has 0 atom stereocenters. The Labute approximate surface area is 149 Å². The van der Waals surface area contributed by atoms with Crippen LogP contribution in [0, 0.1) is 22.7 Å². The minimum absolute atomic E-state index is 0.0549. The summed E-state index contributed by atoms with van der Waals surface area (Å²) in [7, 11) is 0. The molecule has 0 radical (unpaired) electrons. The highest BCUT2D eigenvalue weighted by molar-refractivity contribution is 5.92. The van der Waals surface area contributed by atoms with Crippen LogP contribution in [0.3, 0.4) is 0 Å². The second-order valence-corrected chi connectivity index (χ2v) is 9.16. The van der Waals surface area contributed by atoms with Crippen LogP contribution in [-0.2, 0) is 4.79 Å². The summed E-state index contributed by atoms with van der Waals surface area (Å²) in [4.78, 5) is 16.5. The lowest BCUT2D eigenvalue weighted by molar-refractivity contribution is -1.18. The first-order valence-corrected chi connectivity index (χ1v) is 9.47. The molecule has 0 aromatic heterocycles. The van der Waals surface area contributed by atoms with Crippen LogP contribution in [0.1, 0.15) is 39.4 Å². The van der Waals surface area contributed by atoms with Gasteiger partial charge in [0, 0.05) is 0 Å². The summed E-state index contributed by atoms with van der Waals surface area (Å²) in [6.45, 7) is 12.3. The molecule has 1 aromatic carbocycles. The van der Waals surface area contributed by atoms with Gasteiger partial charge in [0.25, 0.3) is 0 Å². The summed E-state index contributed by atoms with van der Waals surface area (Å²) < 4.78 is 0. The minimum atomic E-state index is -0.221. The maximum Gasteiger partial charge on any atom is 0.240 e. The Bertz CT molecular complexity index is 682. The zero-order valence-corrected chi connectivity index (χ0v) is 15.6. The van der Waals surface area contributed by atoms with Crippen molar-refractivity contribution in [2.24, 2.45) is 22.7 Å². The summed E-state index contributed by atoms with van der Waals surface area (Å²) >= 11 is 0. The first-order valence-electron chi connectivity index (χ1n) is 9.47. The number of carbonyl (C=O) groups is 1. The van der Waals surface area contributed by atoms with Crippen molar-refractivity contribution in [1.82, 2.24) is 0 Å². The Morgan fingerprint density at radius 3 is 1.80 bits per heavy atom. The Hall–Kier alpha value is -1.59. The predicted molar refractivity (Wildman–Crippen MR) is 93.5 cm³/mol. The van der Waals surface area contributed by atoms with Crippen LogP contribution < -0.4 is 9.80 Å². The molecule has 0 saturated carbocycles. The van der Waals surface area contributed by atoms with E-state index in [4.69, 9.17) is 0 Å². The Kier molecular flexibility index (Phi) is 3.51. The molecule has 4 saturated heterocycles. The molecule has 0 amide bonds. The maximum atomic E-state index is 13.5. The van der Waals surface area contributed by atoms with E-state index < -0.39 is 0 Å². The fraction of sp³-hybridized carbons (Fsp3) is 0.650. The normalized spacial score (nSPS) is 39.6. The van der Waals surface area contributed by atoms with E-state index in [0.29, 0.717) is 17.6 Å². The second kappa shape index (κ2) is 5.21. The third-order valence-corrected chi connectivity index (χ3v) is 7.43. The van der Waals surface area contributed by atoms with Gasteiger partial charge in [-0.3, -0.25) is 14.6 Å². The largest absolute Gasteiger partial charge is 0.504 e. The van der Waals surface area contributed by atoms with Crippen molar-refractivity contribution in [3.63, 3.8) is 0 Å². The summed E-state index contributed by atoms with van der Waals surface area (Å²) in [5.41, 5.74) is 0.617. The van der Waals surface area contributed by atoms with Crippen molar-refractivity contribution in [3.8, 4) is 11.5 Å². The molecular weight excluding hydrogens is 316 g/mol. The van der Waals surface area contributed by atoms with Gasteiger partial charge in [0.2, 0.25) is 6.17 Å². The predicted octanol–water partition coefficient (Wildman–Crippen LogP) is -0.239. The van der Waals surface area contributed by atoms with Crippen molar-refractivity contribution < 1.29 is 24.8 Å². The number of aromatic hydroxyl groups is 2. The number of piperidine rings is 2. The van der Waals surface area contributed by atoms with E-state index in [9.17, 15) is 15.0 Å². The second-order valence-electron chi connectivity index (χ2n) is 9.16. The van der Waals surface area contributed by atoms with Crippen molar-refractivity contribution in [2.75, 3.05) is 26.2 Å². The highest BCUT2D eigenvalue weighted by Gasteiger charge is 2.72. The third kappa shape index (κ3) is 2.05. The van der Waals surface area contributed by atoms with Crippen molar-refractivity contribution in [2.45, 2.75) is 33.9 Å². The average Bonchev–Trinajstić information content (AvgIpc) is 2.53. The number of nitrogens with one attached hydrogen (secondary N) is 2. The molecule has 25 heavy (non-hydrogen) atoms. The average molecular weight is 346 g/mol. The Morgan fingerprint density at radius 1 is 0.920 bits per heavy atom. The van der Waals surface area contributed by atoms with Crippen LogP contribution in [0.15, 0.2) is 18.2 Å². The van der Waals surface area contributed by atoms with Gasteiger partial charge in [-0.1, -0.05) is 27.7 Å². The molecule has 4 aliphatic heterocycles. The summed E-state index contributed by atoms with van der Waals surface area (Å²) in [5.74, 6) is 1.07. The lowest BCUT2D eigenvalue weighted by atomic mass is 9.53. The van der Waals surface area contributed by atoms with Crippen LogP contribution in [0.2, 0.25) is 0 Å². The van der Waals surface area contributed by atoms with E-state index in [1.807, 2.05) is 6.07 Å². The number of quaternary nitrogens is 2. The van der Waals surface area contributed by atoms with Gasteiger partial charge >= 0.3 is 0 Å². The zero-order chi connectivity index (χ0) is 18.1. The molecule has 5 nitrogen and oxygen atoms in total. The van der Waals surface area contributed by atoms with Crippen LogP contribution in [0.5, 0.6) is 11.5 Å². The highest BCUT2D eigenvalue weighted by atomic mass is 16.3. The number of phenolic OH excluding ortho intramolecular Hbond substituents is 2. The topological polar surface area (TPSA) is 66.4 Å². The molecule has 4 aliphatic rings. The van der Waals surface area contributed by atoms with Crippen molar-refractivity contribution in [1.29, 1.82) is 0 Å². The van der Waals surface area contributed by atoms with Crippen LogP contribution >= 0.6 is 0 Å². The van der Waals surface area contributed by atoms with Crippen LogP contribution in [0.25, 0.3) is 0 Å². The first kappa shape index (κ1) is 16.9. The summed E-state index contributed by atoms with van der Waals surface area (Å²) in [6, 6.07) is 5.21. The standard InChI is InChI=1S/C20H28N2O3/c1-12(2)19-8-21-10-20(13(3)4,18(19)25)11-22(9-19)17(21)14-5-6-15(23)16(24)7-14/h5-7,12-13,17,23-24H,8-11H2,1-4H3/p+2. The van der Waals surface area contributed by atoms with Gasteiger partial charge in [-0.05, 0) is 30.0 Å². The van der Waals surface area contributed by atoms with E-state index in [2.05, 4.69) is 27.7 Å². The number of hydrogen-bond acceptors (Lipinski definition) is 3. The van der Waals surface area contributed by atoms with E-state index in [1.54, 1.807) is 12.1 Å². The van der Waals surface area contributed by atoms with E-state index >= 15 is 0 Å². The Morgan fingerprint density at radius 2 is 1.40 bits per heavy atom. The summed E-state index contributed by atoms with van der Waals surface area (Å²) in [6.07, 6.45) is 0.235. The molecule has 1 aromatic rings. The van der Waals surface area contributed by atoms with Gasteiger partial charge < -0.3 is 10.2 Å². The molecule has 4 heterocycles. The van der Waals surface area contributed by atoms with E-state index in [-0.39, 0.29) is 28.5 Å². The molecule has 4 fully saturated rings. The molecular formula is C20H30N2O3+2. The van der Waals surface area contributed by atoms with E-state index in [0.717, 1.165) is 31.7 Å². The van der Waals surface area contributed by atoms with Crippen LogP contribution in [-0.4, -0.2) is 42.2 Å². The number of carbonyl (C=O) groups excluding carboxylic acids is 1. The quantitative estimate of drug-likeness (QED) is 0.571. The highest BCUT2D eigenvalue weighted by Crippen LogP contribution is 2.45. The van der Waals surface area contributed by atoms with E-state index in [1.165, 1.54) is 9.80 Å². The molecule has 0 unspecified atom stereocenters. The molecule has 5 heteroatoms. The number of phenols is 2.